The molecule has 0 N–H and O–H groups in total. The number of hydrogen-bond acceptors (Lipinski definition) is 8. The van der Waals surface area contributed by atoms with Crippen LogP contribution >= 0.6 is 0 Å². The second-order valence-corrected chi connectivity index (χ2v) is 10.9. The molecule has 9 nitrogen and oxygen atoms in total. The Balaban J connectivity index is 1.67. The third-order valence-electron chi connectivity index (χ3n) is 6.33. The van der Waals surface area contributed by atoms with Crippen molar-refractivity contribution in [1.82, 2.24) is 19.9 Å². The fourth-order valence-corrected chi connectivity index (χ4v) is 4.77. The number of nitriles is 1. The molecule has 0 bridgehead atoms. The molecule has 2 aromatic rings. The van der Waals surface area contributed by atoms with Gasteiger partial charge in [0.25, 0.3) is 0 Å². The van der Waals surface area contributed by atoms with E-state index in [4.69, 9.17) is 9.72 Å². The van der Waals surface area contributed by atoms with E-state index in [1.54, 1.807) is 24.7 Å². The van der Waals surface area contributed by atoms with Crippen LogP contribution in [0, 0.1) is 11.3 Å². The van der Waals surface area contributed by atoms with Gasteiger partial charge in [-0.15, -0.1) is 0 Å². The van der Waals surface area contributed by atoms with Gasteiger partial charge in [0.05, 0.1) is 11.6 Å². The highest BCUT2D eigenvalue weighted by Crippen LogP contribution is 2.46. The van der Waals surface area contributed by atoms with Gasteiger partial charge >= 0.3 is 6.09 Å². The minimum Gasteiger partial charge on any atom is -0.444 e. The van der Waals surface area contributed by atoms with Crippen LogP contribution in [0.4, 0.5) is 22.2 Å². The molecule has 0 spiro atoms. The molecule has 1 fully saturated rings. The zero-order valence-electron chi connectivity index (χ0n) is 21.0. The van der Waals surface area contributed by atoms with Crippen LogP contribution in [-0.2, 0) is 10.2 Å². The van der Waals surface area contributed by atoms with E-state index in [0.717, 1.165) is 17.2 Å². The molecule has 0 saturated carbocycles. The first-order chi connectivity index (χ1) is 15.9. The number of aromatic nitrogens is 3. The summed E-state index contributed by atoms with van der Waals surface area (Å²) in [7, 11) is 0. The molecular weight excluding hydrogens is 430 g/mol. The summed E-state index contributed by atoms with van der Waals surface area (Å²) in [6.45, 7) is 16.0. The molecule has 4 rings (SSSR count). The van der Waals surface area contributed by atoms with Crippen LogP contribution in [0.5, 0.6) is 0 Å². The number of anilines is 3. The molecule has 34 heavy (non-hydrogen) atoms. The van der Waals surface area contributed by atoms with Crippen LogP contribution in [-0.4, -0.2) is 63.3 Å². The number of amides is 1. The molecule has 2 atom stereocenters. The molecular formula is C25H33N7O2. The Morgan fingerprint density at radius 1 is 1.15 bits per heavy atom. The summed E-state index contributed by atoms with van der Waals surface area (Å²) in [5.74, 6) is 2.40. The van der Waals surface area contributed by atoms with Gasteiger partial charge in [0.2, 0.25) is 0 Å². The Labute approximate surface area is 201 Å². The number of fused-ring (bicyclic) bond motifs is 1. The van der Waals surface area contributed by atoms with E-state index < -0.39 is 5.60 Å². The number of piperazine rings is 1. The van der Waals surface area contributed by atoms with Crippen molar-refractivity contribution in [1.29, 1.82) is 5.26 Å². The van der Waals surface area contributed by atoms with Gasteiger partial charge in [-0.25, -0.2) is 19.7 Å². The first-order valence-electron chi connectivity index (χ1n) is 11.7. The first-order valence-corrected chi connectivity index (χ1v) is 11.7. The molecule has 4 heterocycles. The Morgan fingerprint density at radius 3 is 2.53 bits per heavy atom. The second kappa shape index (κ2) is 8.42. The van der Waals surface area contributed by atoms with Crippen molar-refractivity contribution in [2.45, 2.75) is 71.6 Å². The minimum absolute atomic E-state index is 0.0359. The highest BCUT2D eigenvalue weighted by Gasteiger charge is 2.44. The van der Waals surface area contributed by atoms with Crippen molar-refractivity contribution in [2.75, 3.05) is 29.4 Å². The average molecular weight is 464 g/mol. The van der Waals surface area contributed by atoms with Gasteiger partial charge < -0.3 is 19.4 Å². The summed E-state index contributed by atoms with van der Waals surface area (Å²) >= 11 is 0. The number of rotatable bonds is 2. The van der Waals surface area contributed by atoms with E-state index in [-0.39, 0.29) is 23.6 Å². The van der Waals surface area contributed by atoms with E-state index in [9.17, 15) is 10.1 Å². The maximum Gasteiger partial charge on any atom is 0.410 e. The van der Waals surface area contributed by atoms with Crippen molar-refractivity contribution < 1.29 is 9.53 Å². The Bertz CT molecular complexity index is 1130. The molecule has 2 unspecified atom stereocenters. The van der Waals surface area contributed by atoms with Crippen molar-refractivity contribution >= 4 is 23.5 Å². The lowest BCUT2D eigenvalue weighted by Gasteiger charge is -2.45. The molecule has 180 valence electrons. The van der Waals surface area contributed by atoms with E-state index in [1.807, 2.05) is 32.6 Å². The molecule has 0 radical (unpaired) electrons. The van der Waals surface area contributed by atoms with Gasteiger partial charge in [0.1, 0.15) is 29.4 Å². The number of pyridine rings is 1. The Hall–Kier alpha value is -3.41. The van der Waals surface area contributed by atoms with E-state index in [1.165, 1.54) is 0 Å². The topological polar surface area (TPSA) is 98.5 Å². The molecule has 2 aliphatic rings. The van der Waals surface area contributed by atoms with Gasteiger partial charge in [-0.2, -0.15) is 5.26 Å². The van der Waals surface area contributed by atoms with E-state index >= 15 is 0 Å². The SMILES string of the molecule is CC1CN(c2ncnc3c2C(C)(C)CN3c2cc(C#N)ccn2)C(C)CN1C(=O)OC(C)(C)C. The van der Waals surface area contributed by atoms with Gasteiger partial charge in [-0.1, -0.05) is 13.8 Å². The van der Waals surface area contributed by atoms with Crippen LogP contribution in [0.1, 0.15) is 59.6 Å². The van der Waals surface area contributed by atoms with Crippen LogP contribution in [0.3, 0.4) is 0 Å². The summed E-state index contributed by atoms with van der Waals surface area (Å²) in [6.07, 6.45) is 2.96. The maximum absolute atomic E-state index is 12.8. The number of hydrogen-bond donors (Lipinski definition) is 0. The summed E-state index contributed by atoms with van der Waals surface area (Å²) in [6, 6.07) is 5.69. The molecule has 1 amide bonds. The summed E-state index contributed by atoms with van der Waals surface area (Å²) in [5, 5.41) is 9.33. The molecule has 1 saturated heterocycles. The monoisotopic (exact) mass is 463 g/mol. The van der Waals surface area contributed by atoms with Gasteiger partial charge in [-0.3, -0.25) is 0 Å². The fourth-order valence-electron chi connectivity index (χ4n) is 4.77. The second-order valence-electron chi connectivity index (χ2n) is 10.9. The zero-order valence-corrected chi connectivity index (χ0v) is 21.0. The quantitative estimate of drug-likeness (QED) is 0.659. The van der Waals surface area contributed by atoms with Gasteiger partial charge in [-0.05, 0) is 46.8 Å². The first kappa shape index (κ1) is 23.7. The summed E-state index contributed by atoms with van der Waals surface area (Å²) in [4.78, 5) is 32.8. The van der Waals surface area contributed by atoms with Crippen LogP contribution in [0.25, 0.3) is 0 Å². The van der Waals surface area contributed by atoms with Crippen LogP contribution in [0.2, 0.25) is 0 Å². The predicted molar refractivity (Wildman–Crippen MR) is 130 cm³/mol. The van der Waals surface area contributed by atoms with Crippen molar-refractivity contribution in [3.05, 3.63) is 35.8 Å². The number of carbonyl (C=O) groups excluding carboxylic acids is 1. The van der Waals surface area contributed by atoms with Crippen molar-refractivity contribution in [3.63, 3.8) is 0 Å². The lowest BCUT2D eigenvalue weighted by molar-refractivity contribution is 0.0129. The van der Waals surface area contributed by atoms with Crippen LogP contribution in [0.15, 0.2) is 24.7 Å². The highest BCUT2D eigenvalue weighted by molar-refractivity contribution is 5.74. The fraction of sp³-hybridized carbons (Fsp3) is 0.560. The molecule has 0 aliphatic carbocycles. The van der Waals surface area contributed by atoms with Crippen molar-refractivity contribution in [2.24, 2.45) is 0 Å². The Morgan fingerprint density at radius 2 is 1.85 bits per heavy atom. The van der Waals surface area contributed by atoms with Crippen LogP contribution < -0.4 is 9.80 Å². The van der Waals surface area contributed by atoms with Crippen molar-refractivity contribution in [3.8, 4) is 6.07 Å². The smallest absolute Gasteiger partial charge is 0.410 e. The maximum atomic E-state index is 12.8. The van der Waals surface area contributed by atoms with Gasteiger partial charge in [0, 0.05) is 48.9 Å². The molecule has 2 aliphatic heterocycles. The lowest BCUT2D eigenvalue weighted by Crippen LogP contribution is -2.59. The highest BCUT2D eigenvalue weighted by atomic mass is 16.6. The molecule has 2 aromatic heterocycles. The molecule has 9 heteroatoms. The summed E-state index contributed by atoms with van der Waals surface area (Å²) < 4.78 is 5.63. The van der Waals surface area contributed by atoms with E-state index in [2.05, 4.69) is 46.6 Å². The molecule has 0 aromatic carbocycles. The Kier molecular flexibility index (Phi) is 5.88. The normalized spacial score (nSPS) is 21.8. The number of ether oxygens (including phenoxy) is 1. The lowest BCUT2D eigenvalue weighted by atomic mass is 9.87. The van der Waals surface area contributed by atoms with E-state index in [0.29, 0.717) is 31.0 Å². The minimum atomic E-state index is -0.533. The standard InChI is InChI=1S/C25H33N7O2/c1-16-13-31(23(33)34-24(3,4)5)17(2)12-30(16)21-20-22(29-15-28-21)32(14-25(20,6)7)19-10-18(11-26)8-9-27-19/h8-10,15-17H,12-14H2,1-7H3. The summed E-state index contributed by atoms with van der Waals surface area (Å²) in [5.41, 5.74) is 0.853. The largest absolute Gasteiger partial charge is 0.444 e. The predicted octanol–water partition coefficient (Wildman–Crippen LogP) is 4.01. The average Bonchev–Trinajstić information content (AvgIpc) is 3.05. The number of nitrogens with zero attached hydrogens (tertiary/aromatic N) is 7. The number of carbonyl (C=O) groups is 1. The third-order valence-corrected chi connectivity index (χ3v) is 6.33. The zero-order chi connectivity index (χ0) is 24.8. The van der Waals surface area contributed by atoms with Gasteiger partial charge in [0.15, 0.2) is 0 Å². The third kappa shape index (κ3) is 4.37.